The first-order valence-electron chi connectivity index (χ1n) is 10.5. The number of fused-ring (bicyclic) bond motifs is 2. The number of ether oxygens (including phenoxy) is 3. The van der Waals surface area contributed by atoms with Gasteiger partial charge in [-0.05, 0) is 49.4 Å². The Balaban J connectivity index is 1.42. The number of rotatable bonds is 6. The molecule has 7 nitrogen and oxygen atoms in total. The molecule has 0 saturated carbocycles. The maximum atomic E-state index is 13.3. The summed E-state index contributed by atoms with van der Waals surface area (Å²) in [6.45, 7) is 2.64. The Bertz CT molecular complexity index is 1340. The second kappa shape index (κ2) is 8.70. The molecular weight excluding hydrogens is 422 g/mol. The Labute approximate surface area is 189 Å². The minimum atomic E-state index is -0.404. The van der Waals surface area contributed by atoms with Crippen LogP contribution in [0.5, 0.6) is 17.2 Å². The first-order chi connectivity index (χ1) is 16.1. The predicted octanol–water partition coefficient (Wildman–Crippen LogP) is 4.76. The zero-order valence-electron chi connectivity index (χ0n) is 17.9. The van der Waals surface area contributed by atoms with E-state index < -0.39 is 5.91 Å². The molecule has 0 radical (unpaired) electrons. The van der Waals surface area contributed by atoms with Gasteiger partial charge in [0.25, 0.3) is 5.91 Å². The second-order valence-electron chi connectivity index (χ2n) is 7.64. The van der Waals surface area contributed by atoms with Crippen molar-refractivity contribution in [3.8, 4) is 17.2 Å². The summed E-state index contributed by atoms with van der Waals surface area (Å²) in [6.07, 6.45) is 0. The largest absolute Gasteiger partial charge is 0.486 e. The van der Waals surface area contributed by atoms with Crippen LogP contribution in [0.25, 0.3) is 11.0 Å². The standard InChI is InChI=1S/C26H21NO6/c1-16-6-9-18(10-7-16)32-15-23(28)27-24-19-4-2-3-5-20(19)33-26(24)25(29)17-8-11-21-22(14-17)31-13-12-30-21/h2-11,14H,12-13,15H2,1H3,(H,27,28). The number of hydrogen-bond acceptors (Lipinski definition) is 6. The summed E-state index contributed by atoms with van der Waals surface area (Å²) in [5.74, 6) is 0.928. The average molecular weight is 443 g/mol. The van der Waals surface area contributed by atoms with Crippen LogP contribution in [0.1, 0.15) is 21.7 Å². The lowest BCUT2D eigenvalue weighted by molar-refractivity contribution is -0.118. The third kappa shape index (κ3) is 4.25. The van der Waals surface area contributed by atoms with E-state index in [1.807, 2.05) is 25.1 Å². The lowest BCUT2D eigenvalue weighted by atomic mass is 10.1. The number of furan rings is 1. The van der Waals surface area contributed by atoms with E-state index in [2.05, 4.69) is 5.32 Å². The fourth-order valence-corrected chi connectivity index (χ4v) is 3.60. The maximum Gasteiger partial charge on any atom is 0.262 e. The Hall–Kier alpha value is -4.26. The molecule has 0 atom stereocenters. The SMILES string of the molecule is Cc1ccc(OCC(=O)Nc2c(C(=O)c3ccc4c(c3)OCCO4)oc3ccccc23)cc1. The van der Waals surface area contributed by atoms with Crippen molar-refractivity contribution in [2.75, 3.05) is 25.1 Å². The van der Waals surface area contributed by atoms with Crippen molar-refractivity contribution >= 4 is 28.3 Å². The zero-order valence-corrected chi connectivity index (χ0v) is 17.9. The number of hydrogen-bond donors (Lipinski definition) is 1. The molecule has 3 aromatic carbocycles. The van der Waals surface area contributed by atoms with Crippen LogP contribution < -0.4 is 19.5 Å². The highest BCUT2D eigenvalue weighted by atomic mass is 16.6. The minimum Gasteiger partial charge on any atom is -0.486 e. The summed E-state index contributed by atoms with van der Waals surface area (Å²) in [6, 6.07) is 19.5. The van der Waals surface area contributed by atoms with E-state index in [9.17, 15) is 9.59 Å². The highest BCUT2D eigenvalue weighted by Gasteiger charge is 2.25. The first-order valence-corrected chi connectivity index (χ1v) is 10.5. The van der Waals surface area contributed by atoms with E-state index in [-0.39, 0.29) is 18.2 Å². The lowest BCUT2D eigenvalue weighted by Crippen LogP contribution is -2.21. The molecule has 1 aromatic heterocycles. The van der Waals surface area contributed by atoms with Crippen LogP contribution in [0.3, 0.4) is 0 Å². The number of carbonyl (C=O) groups is 2. The normalized spacial score (nSPS) is 12.4. The number of amides is 1. The quantitative estimate of drug-likeness (QED) is 0.433. The number of nitrogens with one attached hydrogen (secondary N) is 1. The van der Waals surface area contributed by atoms with Crippen molar-refractivity contribution in [1.29, 1.82) is 0 Å². The van der Waals surface area contributed by atoms with Gasteiger partial charge in [0.05, 0.1) is 5.69 Å². The van der Waals surface area contributed by atoms with Crippen molar-refractivity contribution in [3.63, 3.8) is 0 Å². The molecule has 1 N–H and O–H groups in total. The summed E-state index contributed by atoms with van der Waals surface area (Å²) >= 11 is 0. The summed E-state index contributed by atoms with van der Waals surface area (Å²) in [4.78, 5) is 26.0. The van der Waals surface area contributed by atoms with E-state index in [4.69, 9.17) is 18.6 Å². The smallest absolute Gasteiger partial charge is 0.262 e. The summed E-state index contributed by atoms with van der Waals surface area (Å²) in [5, 5.41) is 3.42. The molecule has 2 heterocycles. The molecular formula is C26H21NO6. The average Bonchev–Trinajstić information content (AvgIpc) is 3.21. The molecule has 166 valence electrons. The topological polar surface area (TPSA) is 87.0 Å². The Kier molecular flexibility index (Phi) is 5.44. The molecule has 7 heteroatoms. The van der Waals surface area contributed by atoms with Gasteiger partial charge in [-0.25, -0.2) is 0 Å². The fraction of sp³-hybridized carbons (Fsp3) is 0.154. The van der Waals surface area contributed by atoms with Crippen LogP contribution in [-0.2, 0) is 4.79 Å². The first kappa shape index (κ1) is 20.6. The molecule has 5 rings (SSSR count). The van der Waals surface area contributed by atoms with Gasteiger partial charge in [0.2, 0.25) is 5.78 Å². The van der Waals surface area contributed by atoms with Gasteiger partial charge < -0.3 is 23.9 Å². The molecule has 0 fully saturated rings. The highest BCUT2D eigenvalue weighted by Crippen LogP contribution is 2.35. The van der Waals surface area contributed by atoms with Crippen LogP contribution >= 0.6 is 0 Å². The van der Waals surface area contributed by atoms with Gasteiger partial charge >= 0.3 is 0 Å². The Morgan fingerprint density at radius 2 is 1.70 bits per heavy atom. The van der Waals surface area contributed by atoms with Gasteiger partial charge in [0, 0.05) is 10.9 Å². The number of anilines is 1. The maximum absolute atomic E-state index is 13.3. The number of ketones is 1. The number of para-hydroxylation sites is 1. The monoisotopic (exact) mass is 443 g/mol. The van der Waals surface area contributed by atoms with E-state index in [1.54, 1.807) is 48.5 Å². The van der Waals surface area contributed by atoms with Crippen molar-refractivity contribution in [1.82, 2.24) is 0 Å². The molecule has 0 aliphatic carbocycles. The predicted molar refractivity (Wildman–Crippen MR) is 122 cm³/mol. The zero-order chi connectivity index (χ0) is 22.8. The van der Waals surface area contributed by atoms with Crippen LogP contribution in [0, 0.1) is 6.92 Å². The van der Waals surface area contributed by atoms with Crippen LogP contribution in [-0.4, -0.2) is 31.5 Å². The van der Waals surface area contributed by atoms with Crippen LogP contribution in [0.2, 0.25) is 0 Å². The molecule has 1 aliphatic heterocycles. The van der Waals surface area contributed by atoms with Crippen molar-refractivity contribution in [3.05, 3.63) is 83.6 Å². The third-order valence-corrected chi connectivity index (χ3v) is 5.26. The molecule has 0 spiro atoms. The molecule has 0 bridgehead atoms. The Morgan fingerprint density at radius 3 is 2.52 bits per heavy atom. The third-order valence-electron chi connectivity index (χ3n) is 5.26. The van der Waals surface area contributed by atoms with E-state index in [0.717, 1.165) is 5.56 Å². The molecule has 0 unspecified atom stereocenters. The molecule has 33 heavy (non-hydrogen) atoms. The van der Waals surface area contributed by atoms with Gasteiger partial charge in [0.15, 0.2) is 23.9 Å². The van der Waals surface area contributed by atoms with E-state index >= 15 is 0 Å². The van der Waals surface area contributed by atoms with Crippen molar-refractivity contribution in [2.45, 2.75) is 6.92 Å². The van der Waals surface area contributed by atoms with Crippen molar-refractivity contribution in [2.24, 2.45) is 0 Å². The van der Waals surface area contributed by atoms with Gasteiger partial charge in [-0.2, -0.15) is 0 Å². The molecule has 1 amide bonds. The number of carbonyl (C=O) groups excluding carboxylic acids is 2. The molecule has 4 aromatic rings. The molecule has 1 aliphatic rings. The summed E-state index contributed by atoms with van der Waals surface area (Å²) in [7, 11) is 0. The van der Waals surface area contributed by atoms with Gasteiger partial charge in [0.1, 0.15) is 24.5 Å². The highest BCUT2D eigenvalue weighted by molar-refractivity contribution is 6.17. The fourth-order valence-electron chi connectivity index (χ4n) is 3.60. The van der Waals surface area contributed by atoms with Crippen LogP contribution in [0.15, 0.2) is 71.1 Å². The van der Waals surface area contributed by atoms with Crippen molar-refractivity contribution < 1.29 is 28.2 Å². The summed E-state index contributed by atoms with van der Waals surface area (Å²) in [5.41, 5.74) is 2.26. The van der Waals surface area contributed by atoms with Gasteiger partial charge in [-0.1, -0.05) is 29.8 Å². The molecule has 0 saturated heterocycles. The Morgan fingerprint density at radius 1 is 0.939 bits per heavy atom. The number of benzene rings is 3. The van der Waals surface area contributed by atoms with Crippen LogP contribution in [0.4, 0.5) is 5.69 Å². The second-order valence-corrected chi connectivity index (χ2v) is 7.64. The number of aryl methyl sites for hydroxylation is 1. The van der Waals surface area contributed by atoms with Gasteiger partial charge in [-0.3, -0.25) is 9.59 Å². The van der Waals surface area contributed by atoms with E-state index in [1.165, 1.54) is 0 Å². The van der Waals surface area contributed by atoms with E-state index in [0.29, 0.717) is 52.7 Å². The summed E-state index contributed by atoms with van der Waals surface area (Å²) < 4.78 is 22.6. The van der Waals surface area contributed by atoms with Gasteiger partial charge in [-0.15, -0.1) is 0 Å². The minimum absolute atomic E-state index is 0.0385. The lowest BCUT2D eigenvalue weighted by Gasteiger charge is -2.18.